The van der Waals surface area contributed by atoms with Crippen LogP contribution in [0.3, 0.4) is 0 Å². The molecule has 2 heterocycles. The third-order valence-corrected chi connectivity index (χ3v) is 11.0. The molecule has 3 amide bonds. The lowest BCUT2D eigenvalue weighted by molar-refractivity contribution is -0.143. The average molecular weight is 734 g/mol. The number of sulfonamides is 1. The third-order valence-electron chi connectivity index (χ3n) is 9.31. The second-order valence-electron chi connectivity index (χ2n) is 13.4. The van der Waals surface area contributed by atoms with E-state index in [4.69, 9.17) is 16.4 Å². The number of nitrogens with zero attached hydrogens (tertiary/aromatic N) is 2. The van der Waals surface area contributed by atoms with E-state index in [1.54, 1.807) is 60.7 Å². The molecule has 51 heavy (non-hydrogen) atoms. The Bertz CT molecular complexity index is 1950. The summed E-state index contributed by atoms with van der Waals surface area (Å²) in [6, 6.07) is 17.9. The van der Waals surface area contributed by atoms with Gasteiger partial charge in [-0.2, -0.15) is 4.72 Å². The predicted molar refractivity (Wildman–Crippen MR) is 190 cm³/mol. The fourth-order valence-electron chi connectivity index (χ4n) is 6.43. The quantitative estimate of drug-likeness (QED) is 0.224. The van der Waals surface area contributed by atoms with Crippen LogP contribution in [0.1, 0.15) is 68.2 Å². The Kier molecular flexibility index (Phi) is 10.6. The monoisotopic (exact) mass is 733 g/mol. The summed E-state index contributed by atoms with van der Waals surface area (Å²) in [5.41, 5.74) is 1.37. The van der Waals surface area contributed by atoms with Gasteiger partial charge in [0.1, 0.15) is 12.1 Å². The summed E-state index contributed by atoms with van der Waals surface area (Å²) in [7, 11) is -4.22. The van der Waals surface area contributed by atoms with Gasteiger partial charge in [0.15, 0.2) is 5.60 Å². The van der Waals surface area contributed by atoms with Crippen molar-refractivity contribution in [2.45, 2.75) is 87.0 Å². The van der Waals surface area contributed by atoms with Crippen molar-refractivity contribution in [3.05, 3.63) is 101 Å². The molecule has 0 aromatic heterocycles. The normalized spacial score (nSPS) is 21.0. The lowest BCUT2D eigenvalue weighted by Gasteiger charge is -2.29. The van der Waals surface area contributed by atoms with Gasteiger partial charge in [-0.25, -0.2) is 8.42 Å². The molecule has 1 saturated heterocycles. The van der Waals surface area contributed by atoms with E-state index >= 15 is 0 Å². The highest BCUT2D eigenvalue weighted by atomic mass is 35.5. The van der Waals surface area contributed by atoms with E-state index in [9.17, 15) is 27.6 Å². The zero-order chi connectivity index (χ0) is 36.3. The minimum Gasteiger partial charge on any atom is -0.387 e. The molecule has 3 aliphatic rings. The van der Waals surface area contributed by atoms with Gasteiger partial charge in [-0.1, -0.05) is 90.3 Å². The molecular weight excluding hydrogens is 694 g/mol. The number of aryl methyl sites for hydroxylation is 1. The maximum absolute atomic E-state index is 14.7. The van der Waals surface area contributed by atoms with E-state index in [2.05, 4.69) is 20.5 Å². The standard InChI is InChI=1S/C37H40ClN5O7S/c1-3-8-29(33(44)35(46)39-27-15-16-27)40-34(45)31-21-37(20-30(41-50-37)25-11-7-12-26(38)19-25)22-43(31)36(47)32(24-9-5-4-6-10-24)42-51(48,49)28-17-13-23(2)14-18-28/h4-7,9-14,17-19,27,29,31-32,42H,3,8,15-16,20-22H2,1-2H3,(H,39,46)(H,40,45)/t29-,31-,32-,37?/m0/s1. The van der Waals surface area contributed by atoms with Crippen LogP contribution in [-0.4, -0.2) is 72.8 Å². The van der Waals surface area contributed by atoms with Gasteiger partial charge in [-0.3, -0.25) is 19.2 Å². The van der Waals surface area contributed by atoms with Crippen molar-refractivity contribution in [1.82, 2.24) is 20.3 Å². The number of hydrogen-bond acceptors (Lipinski definition) is 8. The largest absolute Gasteiger partial charge is 0.387 e. The van der Waals surface area contributed by atoms with Gasteiger partial charge in [-0.15, -0.1) is 0 Å². The first-order chi connectivity index (χ1) is 24.4. The van der Waals surface area contributed by atoms with Crippen molar-refractivity contribution in [2.75, 3.05) is 6.54 Å². The van der Waals surface area contributed by atoms with Crippen LogP contribution in [0.4, 0.5) is 0 Å². The summed E-state index contributed by atoms with van der Waals surface area (Å²) in [6.07, 6.45) is 2.51. The Hall–Kier alpha value is -4.59. The number of halogens is 1. The summed E-state index contributed by atoms with van der Waals surface area (Å²) >= 11 is 6.24. The number of ketones is 1. The van der Waals surface area contributed by atoms with Gasteiger partial charge in [0.25, 0.3) is 5.91 Å². The minimum atomic E-state index is -4.22. The van der Waals surface area contributed by atoms with Crippen LogP contribution in [0.15, 0.2) is 88.9 Å². The number of Topliss-reactive ketones (excluding diaryl/α,β-unsaturated/α-hetero) is 1. The first-order valence-corrected chi connectivity index (χ1v) is 18.8. The molecule has 3 aromatic rings. The molecule has 1 aliphatic carbocycles. The first-order valence-electron chi connectivity index (χ1n) is 17.0. The number of rotatable bonds is 13. The second-order valence-corrected chi connectivity index (χ2v) is 15.6. The number of hydrogen-bond donors (Lipinski definition) is 3. The molecule has 14 heteroatoms. The molecule has 2 fully saturated rings. The Labute approximate surface area is 302 Å². The minimum absolute atomic E-state index is 0.00827. The van der Waals surface area contributed by atoms with Gasteiger partial charge in [-0.05, 0) is 56.0 Å². The van der Waals surface area contributed by atoms with E-state index in [0.29, 0.717) is 28.3 Å². The van der Waals surface area contributed by atoms with Crippen LogP contribution in [-0.2, 0) is 34.0 Å². The summed E-state index contributed by atoms with van der Waals surface area (Å²) in [5.74, 6) is -2.89. The molecular formula is C37H40ClN5O7S. The van der Waals surface area contributed by atoms with Crippen molar-refractivity contribution >= 4 is 50.8 Å². The highest BCUT2D eigenvalue weighted by Crippen LogP contribution is 2.40. The van der Waals surface area contributed by atoms with E-state index in [1.165, 1.54) is 17.0 Å². The van der Waals surface area contributed by atoms with Crippen LogP contribution in [0.2, 0.25) is 5.02 Å². The van der Waals surface area contributed by atoms with Gasteiger partial charge < -0.3 is 20.4 Å². The SMILES string of the molecule is CCC[C@H](NC(=O)[C@@H]1CC2(CC(c3cccc(Cl)c3)=NO2)CN1C(=O)[C@@H](NS(=O)(=O)c1ccc(C)cc1)c1ccccc1)C(=O)C(=O)NC1CC1. The highest BCUT2D eigenvalue weighted by molar-refractivity contribution is 7.89. The third kappa shape index (κ3) is 8.32. The molecule has 2 aliphatic heterocycles. The predicted octanol–water partition coefficient (Wildman–Crippen LogP) is 3.96. The highest BCUT2D eigenvalue weighted by Gasteiger charge is 2.55. The molecule has 0 bridgehead atoms. The number of amides is 3. The molecule has 1 saturated carbocycles. The van der Waals surface area contributed by atoms with E-state index < -0.39 is 57.3 Å². The van der Waals surface area contributed by atoms with Gasteiger partial charge in [0.05, 0.1) is 23.2 Å². The van der Waals surface area contributed by atoms with Crippen LogP contribution in [0, 0.1) is 6.92 Å². The average Bonchev–Trinajstić information content (AvgIpc) is 3.71. The van der Waals surface area contributed by atoms with Crippen molar-refractivity contribution in [3.63, 3.8) is 0 Å². The molecule has 1 unspecified atom stereocenters. The molecule has 268 valence electrons. The number of benzene rings is 3. The smallest absolute Gasteiger partial charge is 0.289 e. The molecule has 1 spiro atoms. The van der Waals surface area contributed by atoms with Crippen molar-refractivity contribution in [1.29, 1.82) is 0 Å². The number of carbonyl (C=O) groups excluding carboxylic acids is 4. The maximum Gasteiger partial charge on any atom is 0.289 e. The number of oxime groups is 1. The first kappa shape index (κ1) is 36.2. The summed E-state index contributed by atoms with van der Waals surface area (Å²) in [6.45, 7) is 3.55. The Morgan fingerprint density at radius 3 is 2.41 bits per heavy atom. The van der Waals surface area contributed by atoms with Crippen molar-refractivity contribution in [2.24, 2.45) is 5.16 Å². The van der Waals surface area contributed by atoms with Gasteiger partial charge in [0, 0.05) is 29.5 Å². The lowest BCUT2D eigenvalue weighted by atomic mass is 9.91. The van der Waals surface area contributed by atoms with Crippen molar-refractivity contribution in [3.8, 4) is 0 Å². The number of carbonyl (C=O) groups is 4. The van der Waals surface area contributed by atoms with Crippen LogP contribution >= 0.6 is 11.6 Å². The molecule has 6 rings (SSSR count). The van der Waals surface area contributed by atoms with Crippen LogP contribution in [0.25, 0.3) is 0 Å². The number of nitrogens with one attached hydrogen (secondary N) is 3. The lowest BCUT2D eigenvalue weighted by Crippen LogP contribution is -2.54. The fraction of sp³-hybridized carbons (Fsp3) is 0.378. The van der Waals surface area contributed by atoms with E-state index in [1.807, 2.05) is 19.9 Å². The molecule has 12 nitrogen and oxygen atoms in total. The summed E-state index contributed by atoms with van der Waals surface area (Å²) in [4.78, 5) is 62.1. The molecule has 3 N–H and O–H groups in total. The zero-order valence-electron chi connectivity index (χ0n) is 28.3. The maximum atomic E-state index is 14.7. The Balaban J connectivity index is 1.32. The van der Waals surface area contributed by atoms with Gasteiger partial charge in [0.2, 0.25) is 27.6 Å². The van der Waals surface area contributed by atoms with Crippen molar-refractivity contribution < 1.29 is 32.4 Å². The topological polar surface area (TPSA) is 163 Å². The van der Waals surface area contributed by atoms with E-state index in [0.717, 1.165) is 18.4 Å². The van der Waals surface area contributed by atoms with Gasteiger partial charge >= 0.3 is 0 Å². The number of likely N-dealkylation sites (tertiary alicyclic amines) is 1. The summed E-state index contributed by atoms with van der Waals surface area (Å²) < 4.78 is 29.9. The summed E-state index contributed by atoms with van der Waals surface area (Å²) in [5, 5.41) is 10.2. The molecule has 3 aromatic carbocycles. The second kappa shape index (κ2) is 14.9. The Morgan fingerprint density at radius 1 is 1.02 bits per heavy atom. The zero-order valence-corrected chi connectivity index (χ0v) is 29.9. The van der Waals surface area contributed by atoms with Crippen LogP contribution < -0.4 is 15.4 Å². The molecule has 4 atom stereocenters. The fourth-order valence-corrected chi connectivity index (χ4v) is 7.80. The van der Waals surface area contributed by atoms with E-state index in [-0.39, 0.29) is 36.7 Å². The Morgan fingerprint density at radius 2 is 1.75 bits per heavy atom. The molecule has 0 radical (unpaired) electrons. The van der Waals surface area contributed by atoms with Crippen LogP contribution in [0.5, 0.6) is 0 Å².